The molecule has 0 spiro atoms. The lowest BCUT2D eigenvalue weighted by atomic mass is 9.76. The minimum atomic E-state index is -0.612. The van der Waals surface area contributed by atoms with E-state index in [1.165, 1.54) is 12.3 Å². The van der Waals surface area contributed by atoms with Crippen molar-refractivity contribution in [2.24, 2.45) is 0 Å². The Kier molecular flexibility index (Phi) is 4.31. The number of rotatable bonds is 2. The van der Waals surface area contributed by atoms with Gasteiger partial charge in [-0.3, -0.25) is 9.59 Å². The van der Waals surface area contributed by atoms with Gasteiger partial charge in [-0.25, -0.2) is 4.98 Å². The lowest BCUT2D eigenvalue weighted by Crippen LogP contribution is -2.67. The summed E-state index contributed by atoms with van der Waals surface area (Å²) in [6, 6.07) is 12.8. The van der Waals surface area contributed by atoms with E-state index in [1.54, 1.807) is 22.9 Å². The van der Waals surface area contributed by atoms with Crippen molar-refractivity contribution in [1.82, 2.24) is 14.8 Å². The fourth-order valence-electron chi connectivity index (χ4n) is 4.12. The predicted molar refractivity (Wildman–Crippen MR) is 97.1 cm³/mol. The molecule has 2 aliphatic heterocycles. The van der Waals surface area contributed by atoms with E-state index in [0.717, 1.165) is 5.56 Å². The van der Waals surface area contributed by atoms with Crippen molar-refractivity contribution in [3.63, 3.8) is 0 Å². The number of likely N-dealkylation sites (tertiary alicyclic amines) is 1. The van der Waals surface area contributed by atoms with E-state index in [0.29, 0.717) is 19.5 Å². The Hall–Kier alpha value is -2.93. The molecule has 27 heavy (non-hydrogen) atoms. The molecule has 2 saturated heterocycles. The quantitative estimate of drug-likeness (QED) is 0.867. The van der Waals surface area contributed by atoms with Crippen LogP contribution in [-0.4, -0.2) is 64.6 Å². The zero-order chi connectivity index (χ0) is 19.0. The van der Waals surface area contributed by atoms with Gasteiger partial charge in [0.05, 0.1) is 5.54 Å². The van der Waals surface area contributed by atoms with Gasteiger partial charge < -0.3 is 19.6 Å². The highest BCUT2D eigenvalue weighted by molar-refractivity contribution is 5.95. The van der Waals surface area contributed by atoms with Crippen molar-refractivity contribution < 1.29 is 19.4 Å². The molecule has 0 unspecified atom stereocenters. The lowest BCUT2D eigenvalue weighted by molar-refractivity contribution is -0.180. The van der Waals surface area contributed by atoms with Crippen LogP contribution in [0.4, 0.5) is 0 Å². The van der Waals surface area contributed by atoms with Crippen molar-refractivity contribution in [3.05, 3.63) is 59.9 Å². The second-order valence-corrected chi connectivity index (χ2v) is 6.91. The van der Waals surface area contributed by atoms with Crippen LogP contribution in [0.3, 0.4) is 0 Å². The number of amides is 2. The highest BCUT2D eigenvalue weighted by Crippen LogP contribution is 2.42. The molecule has 1 N–H and O–H groups in total. The Morgan fingerprint density at radius 3 is 2.78 bits per heavy atom. The molecule has 1 aromatic carbocycles. The number of likely N-dealkylation sites (N-methyl/N-ethyl adjacent to an activating group) is 1. The van der Waals surface area contributed by atoms with Crippen LogP contribution >= 0.6 is 0 Å². The zero-order valence-corrected chi connectivity index (χ0v) is 15.0. The summed E-state index contributed by atoms with van der Waals surface area (Å²) in [5.41, 5.74) is 0.419. The third-order valence-electron chi connectivity index (χ3n) is 5.61. The average Bonchev–Trinajstić information content (AvgIpc) is 2.71. The second-order valence-electron chi connectivity index (χ2n) is 6.91. The van der Waals surface area contributed by atoms with Gasteiger partial charge in [0, 0.05) is 26.3 Å². The first kappa shape index (κ1) is 17.5. The van der Waals surface area contributed by atoms with Gasteiger partial charge in [0.25, 0.3) is 5.91 Å². The molecule has 0 saturated carbocycles. The molecule has 7 heteroatoms. The van der Waals surface area contributed by atoms with Crippen LogP contribution in [0.2, 0.25) is 0 Å². The number of hydrogen-bond donors (Lipinski definition) is 1. The van der Waals surface area contributed by atoms with Crippen LogP contribution in [0.25, 0.3) is 0 Å². The molecule has 4 rings (SSSR count). The summed E-state index contributed by atoms with van der Waals surface area (Å²) in [5, 5.41) is 9.96. The van der Waals surface area contributed by atoms with Crippen molar-refractivity contribution in [3.8, 4) is 5.75 Å². The Morgan fingerprint density at radius 2 is 2.04 bits per heavy atom. The first-order valence-electron chi connectivity index (χ1n) is 8.91. The summed E-state index contributed by atoms with van der Waals surface area (Å²) in [6.07, 6.45) is 1.67. The number of piperidine rings is 1. The van der Waals surface area contributed by atoms with Gasteiger partial charge >= 0.3 is 0 Å². The average molecular weight is 367 g/mol. The van der Waals surface area contributed by atoms with Crippen LogP contribution in [0, 0.1) is 0 Å². The fourth-order valence-corrected chi connectivity index (χ4v) is 4.12. The molecule has 7 nitrogen and oxygen atoms in total. The Balaban J connectivity index is 1.67. The standard InChI is InChI=1S/C20H21N3O4/c1-22-17(25)13-27-16-12-23(19(26)18-15(24)8-5-10-21-18)11-9-20(16,22)14-6-3-2-4-7-14/h2-8,10,16,24H,9,11-13H2,1H3/t16-,20+/m1/s1. The summed E-state index contributed by atoms with van der Waals surface area (Å²) >= 11 is 0. The molecule has 2 amide bonds. The number of aromatic nitrogens is 1. The summed E-state index contributed by atoms with van der Waals surface area (Å²) in [6.45, 7) is 0.745. The summed E-state index contributed by atoms with van der Waals surface area (Å²) in [4.78, 5) is 32.6. The van der Waals surface area contributed by atoms with Crippen molar-refractivity contribution in [2.75, 3.05) is 26.7 Å². The largest absolute Gasteiger partial charge is 0.505 e. The van der Waals surface area contributed by atoms with E-state index < -0.39 is 5.54 Å². The predicted octanol–water partition coefficient (Wildman–Crippen LogP) is 1.39. The van der Waals surface area contributed by atoms with Crippen molar-refractivity contribution in [2.45, 2.75) is 18.1 Å². The molecule has 2 atom stereocenters. The number of ether oxygens (including phenoxy) is 1. The zero-order valence-electron chi connectivity index (χ0n) is 15.0. The van der Waals surface area contributed by atoms with E-state index in [4.69, 9.17) is 4.74 Å². The number of aromatic hydroxyl groups is 1. The van der Waals surface area contributed by atoms with Gasteiger partial charge in [0.1, 0.15) is 18.5 Å². The van der Waals surface area contributed by atoms with Gasteiger partial charge in [0.2, 0.25) is 5.91 Å². The van der Waals surface area contributed by atoms with Crippen molar-refractivity contribution in [1.29, 1.82) is 0 Å². The number of carbonyl (C=O) groups is 2. The molecule has 0 radical (unpaired) electrons. The summed E-state index contributed by atoms with van der Waals surface area (Å²) in [5.74, 6) is -0.547. The van der Waals surface area contributed by atoms with E-state index in [-0.39, 0.29) is 36.0 Å². The lowest BCUT2D eigenvalue weighted by Gasteiger charge is -2.54. The smallest absolute Gasteiger partial charge is 0.276 e. The van der Waals surface area contributed by atoms with Crippen LogP contribution in [0.5, 0.6) is 5.75 Å². The van der Waals surface area contributed by atoms with Crippen LogP contribution < -0.4 is 0 Å². The Morgan fingerprint density at radius 1 is 1.26 bits per heavy atom. The van der Waals surface area contributed by atoms with Gasteiger partial charge in [-0.15, -0.1) is 0 Å². The number of nitrogens with zero attached hydrogens (tertiary/aromatic N) is 3. The Labute approximate surface area is 157 Å². The SMILES string of the molecule is CN1C(=O)CO[C@@H]2CN(C(=O)c3ncccc3O)CC[C@]21c1ccccc1. The number of fused-ring (bicyclic) bond motifs is 1. The number of benzene rings is 1. The van der Waals surface area contributed by atoms with Crippen LogP contribution in [-0.2, 0) is 15.1 Å². The number of morpholine rings is 1. The highest BCUT2D eigenvalue weighted by Gasteiger charge is 2.53. The molecule has 0 aliphatic carbocycles. The maximum Gasteiger partial charge on any atom is 0.276 e. The van der Waals surface area contributed by atoms with E-state index in [1.807, 2.05) is 30.3 Å². The van der Waals surface area contributed by atoms with Gasteiger partial charge in [-0.1, -0.05) is 30.3 Å². The highest BCUT2D eigenvalue weighted by atomic mass is 16.5. The maximum atomic E-state index is 12.8. The van der Waals surface area contributed by atoms with Gasteiger partial charge in [0.15, 0.2) is 5.69 Å². The molecule has 0 bridgehead atoms. The normalized spacial score (nSPS) is 25.2. The van der Waals surface area contributed by atoms with Gasteiger partial charge in [-0.05, 0) is 24.1 Å². The molecule has 2 fully saturated rings. The third-order valence-corrected chi connectivity index (χ3v) is 5.61. The molecule has 1 aromatic heterocycles. The van der Waals surface area contributed by atoms with Crippen LogP contribution in [0.1, 0.15) is 22.5 Å². The van der Waals surface area contributed by atoms with E-state index in [2.05, 4.69) is 4.98 Å². The van der Waals surface area contributed by atoms with Crippen molar-refractivity contribution >= 4 is 11.8 Å². The van der Waals surface area contributed by atoms with Crippen LogP contribution in [0.15, 0.2) is 48.7 Å². The number of hydrogen-bond acceptors (Lipinski definition) is 5. The minimum absolute atomic E-state index is 0.00732. The molecule has 2 aromatic rings. The maximum absolute atomic E-state index is 12.8. The first-order chi connectivity index (χ1) is 13.0. The van der Waals surface area contributed by atoms with Gasteiger partial charge in [-0.2, -0.15) is 0 Å². The summed E-state index contributed by atoms with van der Waals surface area (Å²) in [7, 11) is 1.80. The molecular weight excluding hydrogens is 346 g/mol. The molecule has 140 valence electrons. The van der Waals surface area contributed by atoms with E-state index in [9.17, 15) is 14.7 Å². The minimum Gasteiger partial charge on any atom is -0.505 e. The third kappa shape index (κ3) is 2.75. The first-order valence-corrected chi connectivity index (χ1v) is 8.91. The molecular formula is C20H21N3O4. The van der Waals surface area contributed by atoms with E-state index >= 15 is 0 Å². The second kappa shape index (κ2) is 6.66. The topological polar surface area (TPSA) is 83.0 Å². The summed E-state index contributed by atoms with van der Waals surface area (Å²) < 4.78 is 5.90. The number of pyridine rings is 1. The molecule has 2 aliphatic rings. The number of carbonyl (C=O) groups excluding carboxylic acids is 2. The fraction of sp³-hybridized carbons (Fsp3) is 0.350. The monoisotopic (exact) mass is 367 g/mol. The molecule has 3 heterocycles. The Bertz CT molecular complexity index is 873.